The van der Waals surface area contributed by atoms with Crippen molar-refractivity contribution in [2.45, 2.75) is 13.5 Å². The fourth-order valence-electron chi connectivity index (χ4n) is 1.92. The third-order valence-corrected chi connectivity index (χ3v) is 3.38. The number of halogens is 1. The van der Waals surface area contributed by atoms with E-state index in [2.05, 4.69) is 5.32 Å². The number of esters is 1. The summed E-state index contributed by atoms with van der Waals surface area (Å²) in [5.74, 6) is -0.852. The largest absolute Gasteiger partial charge is 0.457 e. The molecule has 0 aromatic heterocycles. The van der Waals surface area contributed by atoms with Gasteiger partial charge in [0, 0.05) is 30.3 Å². The molecule has 0 aliphatic rings. The summed E-state index contributed by atoms with van der Waals surface area (Å²) in [6, 6.07) is 10.2. The van der Waals surface area contributed by atoms with Gasteiger partial charge in [-0.25, -0.2) is 4.79 Å². The Hall–Kier alpha value is -2.93. The topological polar surface area (TPSA) is 98.5 Å². The second-order valence-corrected chi connectivity index (χ2v) is 5.28. The predicted molar refractivity (Wildman–Crippen MR) is 88.0 cm³/mol. The Kier molecular flexibility index (Phi) is 5.49. The van der Waals surface area contributed by atoms with Gasteiger partial charge in [-0.2, -0.15) is 0 Å². The molecule has 0 aliphatic carbocycles. The van der Waals surface area contributed by atoms with Crippen LogP contribution in [0.15, 0.2) is 42.5 Å². The molecule has 0 heterocycles. The van der Waals surface area contributed by atoms with Crippen LogP contribution in [0.2, 0.25) is 5.02 Å². The number of nitro groups is 1. The minimum Gasteiger partial charge on any atom is -0.457 e. The van der Waals surface area contributed by atoms with Gasteiger partial charge in [-0.1, -0.05) is 17.7 Å². The average molecular weight is 349 g/mol. The SMILES string of the molecule is CC(=O)Nc1cccc(C(=O)OCc2ccc([N+](=O)[O-])cc2Cl)c1. The molecule has 24 heavy (non-hydrogen) atoms. The molecule has 2 rings (SSSR count). The molecule has 0 saturated carbocycles. The first-order valence-electron chi connectivity index (χ1n) is 6.84. The van der Waals surface area contributed by atoms with Crippen LogP contribution >= 0.6 is 11.6 Å². The number of nitrogens with zero attached hydrogens (tertiary/aromatic N) is 1. The van der Waals surface area contributed by atoms with E-state index < -0.39 is 10.9 Å². The predicted octanol–water partition coefficient (Wildman–Crippen LogP) is 3.56. The maximum atomic E-state index is 12.1. The molecule has 0 unspecified atom stereocenters. The van der Waals surface area contributed by atoms with Crippen LogP contribution in [0.25, 0.3) is 0 Å². The lowest BCUT2D eigenvalue weighted by Crippen LogP contribution is -2.09. The summed E-state index contributed by atoms with van der Waals surface area (Å²) in [6.45, 7) is 1.24. The van der Waals surface area contributed by atoms with E-state index in [9.17, 15) is 19.7 Å². The number of hydrogen-bond acceptors (Lipinski definition) is 5. The van der Waals surface area contributed by atoms with Crippen LogP contribution in [0.5, 0.6) is 0 Å². The fraction of sp³-hybridized carbons (Fsp3) is 0.125. The molecule has 0 aliphatic heterocycles. The van der Waals surface area contributed by atoms with Gasteiger partial charge in [0.2, 0.25) is 5.91 Å². The van der Waals surface area contributed by atoms with Crippen molar-refractivity contribution in [1.29, 1.82) is 0 Å². The standard InChI is InChI=1S/C16H13ClN2O5/c1-10(20)18-13-4-2-3-11(7-13)16(21)24-9-12-5-6-14(19(22)23)8-15(12)17/h2-8H,9H2,1H3,(H,18,20). The van der Waals surface area contributed by atoms with E-state index in [-0.39, 0.29) is 28.8 Å². The van der Waals surface area contributed by atoms with Crippen LogP contribution in [0.3, 0.4) is 0 Å². The Bertz CT molecular complexity index is 807. The molecule has 0 atom stereocenters. The maximum absolute atomic E-state index is 12.1. The molecule has 0 bridgehead atoms. The Balaban J connectivity index is 2.05. The second kappa shape index (κ2) is 7.56. The van der Waals surface area contributed by atoms with Crippen molar-refractivity contribution < 1.29 is 19.2 Å². The molecule has 0 radical (unpaired) electrons. The first-order valence-corrected chi connectivity index (χ1v) is 7.22. The molecule has 0 spiro atoms. The Morgan fingerprint density at radius 2 is 2.00 bits per heavy atom. The smallest absolute Gasteiger partial charge is 0.338 e. The van der Waals surface area contributed by atoms with Gasteiger partial charge in [0.15, 0.2) is 0 Å². The highest BCUT2D eigenvalue weighted by Gasteiger charge is 2.13. The number of benzene rings is 2. The number of amides is 1. The number of non-ortho nitro benzene ring substituents is 1. The minimum atomic E-state index is -0.600. The van der Waals surface area contributed by atoms with Crippen molar-refractivity contribution in [1.82, 2.24) is 0 Å². The number of nitrogens with one attached hydrogen (secondary N) is 1. The quantitative estimate of drug-likeness (QED) is 0.506. The van der Waals surface area contributed by atoms with E-state index >= 15 is 0 Å². The summed E-state index contributed by atoms with van der Waals surface area (Å²) >= 11 is 5.94. The number of carbonyl (C=O) groups excluding carboxylic acids is 2. The number of ether oxygens (including phenoxy) is 1. The van der Waals surface area contributed by atoms with E-state index in [1.54, 1.807) is 18.2 Å². The normalized spacial score (nSPS) is 10.1. The summed E-state index contributed by atoms with van der Waals surface area (Å²) in [5, 5.41) is 13.4. The molecule has 0 fully saturated rings. The Morgan fingerprint density at radius 1 is 1.25 bits per heavy atom. The monoisotopic (exact) mass is 348 g/mol. The first kappa shape index (κ1) is 17.4. The van der Waals surface area contributed by atoms with E-state index in [0.717, 1.165) is 0 Å². The van der Waals surface area contributed by atoms with Crippen molar-refractivity contribution in [2.75, 3.05) is 5.32 Å². The van der Waals surface area contributed by atoms with Gasteiger partial charge in [-0.15, -0.1) is 0 Å². The number of nitro benzene ring substituents is 1. The molecule has 2 aromatic carbocycles. The molecule has 8 heteroatoms. The molecule has 2 aromatic rings. The summed E-state index contributed by atoms with van der Waals surface area (Å²) in [5.41, 5.74) is 1.05. The zero-order valence-electron chi connectivity index (χ0n) is 12.6. The van der Waals surface area contributed by atoms with Gasteiger partial charge >= 0.3 is 5.97 Å². The van der Waals surface area contributed by atoms with Crippen LogP contribution in [0.4, 0.5) is 11.4 Å². The lowest BCUT2D eigenvalue weighted by atomic mass is 10.2. The van der Waals surface area contributed by atoms with E-state index in [4.69, 9.17) is 16.3 Å². The molecule has 7 nitrogen and oxygen atoms in total. The zero-order valence-corrected chi connectivity index (χ0v) is 13.4. The highest BCUT2D eigenvalue weighted by atomic mass is 35.5. The van der Waals surface area contributed by atoms with Crippen molar-refractivity contribution in [2.24, 2.45) is 0 Å². The fourth-order valence-corrected chi connectivity index (χ4v) is 2.15. The van der Waals surface area contributed by atoms with Crippen molar-refractivity contribution in [3.05, 3.63) is 68.7 Å². The number of rotatable bonds is 5. The summed E-state index contributed by atoms with van der Waals surface area (Å²) in [6.07, 6.45) is 0. The molecule has 1 amide bonds. The van der Waals surface area contributed by atoms with Gasteiger partial charge in [-0.3, -0.25) is 14.9 Å². The van der Waals surface area contributed by atoms with Gasteiger partial charge in [0.05, 0.1) is 15.5 Å². The van der Waals surface area contributed by atoms with Crippen LogP contribution in [-0.2, 0) is 16.1 Å². The third kappa shape index (κ3) is 4.53. The minimum absolute atomic E-state index is 0.125. The lowest BCUT2D eigenvalue weighted by Gasteiger charge is -2.08. The highest BCUT2D eigenvalue weighted by molar-refractivity contribution is 6.31. The highest BCUT2D eigenvalue weighted by Crippen LogP contribution is 2.23. The summed E-state index contributed by atoms with van der Waals surface area (Å²) in [7, 11) is 0. The van der Waals surface area contributed by atoms with Gasteiger partial charge in [0.25, 0.3) is 5.69 Å². The van der Waals surface area contributed by atoms with Gasteiger partial charge in [-0.05, 0) is 24.3 Å². The van der Waals surface area contributed by atoms with E-state index in [0.29, 0.717) is 11.3 Å². The van der Waals surface area contributed by atoms with Crippen molar-refractivity contribution in [3.63, 3.8) is 0 Å². The molecule has 0 saturated heterocycles. The Labute approximate surface area is 142 Å². The lowest BCUT2D eigenvalue weighted by molar-refractivity contribution is -0.384. The third-order valence-electron chi connectivity index (χ3n) is 3.02. The number of hydrogen-bond donors (Lipinski definition) is 1. The maximum Gasteiger partial charge on any atom is 0.338 e. The second-order valence-electron chi connectivity index (χ2n) is 4.87. The zero-order chi connectivity index (χ0) is 17.7. The summed E-state index contributed by atoms with van der Waals surface area (Å²) in [4.78, 5) is 33.2. The van der Waals surface area contributed by atoms with Crippen molar-refractivity contribution >= 4 is 34.9 Å². The van der Waals surface area contributed by atoms with Crippen LogP contribution in [-0.4, -0.2) is 16.8 Å². The first-order chi connectivity index (χ1) is 11.4. The summed E-state index contributed by atoms with van der Waals surface area (Å²) < 4.78 is 5.15. The van der Waals surface area contributed by atoms with E-state index in [1.165, 1.54) is 31.2 Å². The van der Waals surface area contributed by atoms with Gasteiger partial charge < -0.3 is 10.1 Å². The average Bonchev–Trinajstić information content (AvgIpc) is 2.52. The van der Waals surface area contributed by atoms with Gasteiger partial charge in [0.1, 0.15) is 6.61 Å². The van der Waals surface area contributed by atoms with Crippen LogP contribution in [0, 0.1) is 10.1 Å². The molecule has 1 N–H and O–H groups in total. The van der Waals surface area contributed by atoms with Crippen molar-refractivity contribution in [3.8, 4) is 0 Å². The van der Waals surface area contributed by atoms with Crippen LogP contribution in [0.1, 0.15) is 22.8 Å². The Morgan fingerprint density at radius 3 is 2.62 bits per heavy atom. The number of anilines is 1. The van der Waals surface area contributed by atoms with E-state index in [1.807, 2.05) is 0 Å². The molecular formula is C16H13ClN2O5. The molecule has 124 valence electrons. The van der Waals surface area contributed by atoms with Crippen LogP contribution < -0.4 is 5.32 Å². The number of carbonyl (C=O) groups is 2. The molecular weight excluding hydrogens is 336 g/mol.